The van der Waals surface area contributed by atoms with E-state index in [-0.39, 0.29) is 12.5 Å². The Bertz CT molecular complexity index is 512. The summed E-state index contributed by atoms with van der Waals surface area (Å²) in [6.07, 6.45) is 6.28. The molecule has 0 aromatic heterocycles. The van der Waals surface area contributed by atoms with Gasteiger partial charge >= 0.3 is 0 Å². The van der Waals surface area contributed by atoms with Crippen molar-refractivity contribution in [1.29, 1.82) is 0 Å². The van der Waals surface area contributed by atoms with Crippen LogP contribution in [0.1, 0.15) is 56.6 Å². The van der Waals surface area contributed by atoms with Crippen molar-refractivity contribution >= 4 is 11.6 Å². The number of aliphatic hydroxyl groups excluding tert-OH is 1. The molecule has 3 heteroatoms. The van der Waals surface area contributed by atoms with Crippen molar-refractivity contribution in [2.45, 2.75) is 52.4 Å². The van der Waals surface area contributed by atoms with Gasteiger partial charge in [0.2, 0.25) is 5.91 Å². The molecule has 0 saturated carbocycles. The van der Waals surface area contributed by atoms with Gasteiger partial charge in [-0.2, -0.15) is 0 Å². The maximum absolute atomic E-state index is 11.9. The second-order valence-corrected chi connectivity index (χ2v) is 5.26. The molecule has 21 heavy (non-hydrogen) atoms. The molecule has 3 nitrogen and oxygen atoms in total. The van der Waals surface area contributed by atoms with Crippen LogP contribution in [-0.2, 0) is 4.79 Å². The number of unbranched alkanes of at least 4 members (excludes halogenated alkanes) is 4. The van der Waals surface area contributed by atoms with E-state index in [0.29, 0.717) is 6.42 Å². The summed E-state index contributed by atoms with van der Waals surface area (Å²) in [5, 5.41) is 11.6. The minimum absolute atomic E-state index is 0.0539. The Kier molecular flexibility index (Phi) is 8.23. The molecule has 1 aromatic rings. The number of hydrogen-bond acceptors (Lipinski definition) is 2. The molecule has 0 bridgehead atoms. The third kappa shape index (κ3) is 7.53. The summed E-state index contributed by atoms with van der Waals surface area (Å²) < 4.78 is 0. The summed E-state index contributed by atoms with van der Waals surface area (Å²) in [6, 6.07) is 5.70. The lowest BCUT2D eigenvalue weighted by Gasteiger charge is -2.07. The third-order valence-electron chi connectivity index (χ3n) is 3.18. The van der Waals surface area contributed by atoms with E-state index in [2.05, 4.69) is 24.1 Å². The van der Waals surface area contributed by atoms with Crippen molar-refractivity contribution < 1.29 is 9.90 Å². The Morgan fingerprint density at radius 1 is 1.19 bits per heavy atom. The smallest absolute Gasteiger partial charge is 0.224 e. The lowest BCUT2D eigenvalue weighted by Crippen LogP contribution is -2.11. The molecule has 114 valence electrons. The van der Waals surface area contributed by atoms with Crippen LogP contribution in [0.5, 0.6) is 0 Å². The van der Waals surface area contributed by atoms with Gasteiger partial charge in [0.1, 0.15) is 6.61 Å². The van der Waals surface area contributed by atoms with E-state index in [1.807, 2.05) is 25.1 Å². The van der Waals surface area contributed by atoms with Crippen molar-refractivity contribution in [2.75, 3.05) is 11.9 Å². The van der Waals surface area contributed by atoms with E-state index < -0.39 is 0 Å². The number of benzene rings is 1. The first kappa shape index (κ1) is 17.3. The molecule has 0 radical (unpaired) electrons. The van der Waals surface area contributed by atoms with Crippen molar-refractivity contribution in [1.82, 2.24) is 0 Å². The molecule has 0 aliphatic heterocycles. The topological polar surface area (TPSA) is 49.3 Å². The zero-order valence-electron chi connectivity index (χ0n) is 13.0. The minimum atomic E-state index is -0.159. The first-order valence-corrected chi connectivity index (χ1v) is 7.67. The van der Waals surface area contributed by atoms with Gasteiger partial charge in [-0.3, -0.25) is 4.79 Å². The molecule has 0 saturated heterocycles. The van der Waals surface area contributed by atoms with Crippen molar-refractivity contribution in [3.63, 3.8) is 0 Å². The summed E-state index contributed by atoms with van der Waals surface area (Å²) in [7, 11) is 0. The molecule has 0 heterocycles. The Morgan fingerprint density at radius 3 is 2.67 bits per heavy atom. The van der Waals surface area contributed by atoms with Gasteiger partial charge < -0.3 is 10.4 Å². The molecule has 2 N–H and O–H groups in total. The fraction of sp³-hybridized carbons (Fsp3) is 0.500. The van der Waals surface area contributed by atoms with E-state index in [9.17, 15) is 4.79 Å². The summed E-state index contributed by atoms with van der Waals surface area (Å²) >= 11 is 0. The zero-order chi connectivity index (χ0) is 15.5. The fourth-order valence-corrected chi connectivity index (χ4v) is 2.18. The summed E-state index contributed by atoms with van der Waals surface area (Å²) in [5.41, 5.74) is 2.62. The normalized spacial score (nSPS) is 9.86. The first-order valence-electron chi connectivity index (χ1n) is 7.67. The van der Waals surface area contributed by atoms with Gasteiger partial charge in [0, 0.05) is 17.7 Å². The zero-order valence-corrected chi connectivity index (χ0v) is 13.0. The van der Waals surface area contributed by atoms with Crippen LogP contribution in [0.4, 0.5) is 5.69 Å². The second kappa shape index (κ2) is 10.0. The Hall–Kier alpha value is -1.79. The molecule has 0 aliphatic carbocycles. The highest BCUT2D eigenvalue weighted by molar-refractivity contribution is 5.90. The highest BCUT2D eigenvalue weighted by Crippen LogP contribution is 2.15. The predicted molar refractivity (Wildman–Crippen MR) is 87.1 cm³/mol. The van der Waals surface area contributed by atoms with E-state index in [0.717, 1.165) is 29.7 Å². The molecule has 0 unspecified atom stereocenters. The van der Waals surface area contributed by atoms with Crippen LogP contribution in [0, 0.1) is 18.8 Å². The van der Waals surface area contributed by atoms with Crippen molar-refractivity contribution in [3.05, 3.63) is 29.3 Å². The maximum atomic E-state index is 11.9. The van der Waals surface area contributed by atoms with Crippen LogP contribution in [0.2, 0.25) is 0 Å². The Balaban J connectivity index is 2.50. The highest BCUT2D eigenvalue weighted by Gasteiger charge is 2.03. The number of rotatable bonds is 7. The number of anilines is 1. The molecule has 0 spiro atoms. The average molecular weight is 287 g/mol. The van der Waals surface area contributed by atoms with E-state index in [4.69, 9.17) is 5.11 Å². The lowest BCUT2D eigenvalue weighted by atomic mass is 10.1. The quantitative estimate of drug-likeness (QED) is 0.594. The van der Waals surface area contributed by atoms with Gasteiger partial charge in [-0.05, 0) is 37.1 Å². The maximum Gasteiger partial charge on any atom is 0.224 e. The van der Waals surface area contributed by atoms with E-state index >= 15 is 0 Å². The van der Waals surface area contributed by atoms with E-state index in [1.165, 1.54) is 19.3 Å². The van der Waals surface area contributed by atoms with Crippen LogP contribution in [0.25, 0.3) is 0 Å². The molecule has 1 amide bonds. The molecule has 1 rings (SSSR count). The number of aryl methyl sites for hydroxylation is 1. The highest BCUT2D eigenvalue weighted by atomic mass is 16.2. The van der Waals surface area contributed by atoms with Gasteiger partial charge in [-0.1, -0.05) is 44.4 Å². The average Bonchev–Trinajstić information content (AvgIpc) is 2.44. The van der Waals surface area contributed by atoms with Gasteiger partial charge in [-0.25, -0.2) is 0 Å². The van der Waals surface area contributed by atoms with Crippen LogP contribution < -0.4 is 5.32 Å². The predicted octanol–water partition coefficient (Wildman–Crippen LogP) is 3.64. The van der Waals surface area contributed by atoms with Gasteiger partial charge in [0.25, 0.3) is 0 Å². The first-order chi connectivity index (χ1) is 10.2. The minimum Gasteiger partial charge on any atom is -0.384 e. The summed E-state index contributed by atoms with van der Waals surface area (Å²) in [4.78, 5) is 11.9. The number of aliphatic hydroxyl groups is 1. The van der Waals surface area contributed by atoms with Crippen LogP contribution in [-0.4, -0.2) is 17.6 Å². The number of carbonyl (C=O) groups is 1. The molecular formula is C18H25NO2. The van der Waals surface area contributed by atoms with Gasteiger partial charge in [-0.15, -0.1) is 0 Å². The summed E-state index contributed by atoms with van der Waals surface area (Å²) in [5.74, 6) is 5.54. The number of nitrogens with one attached hydrogen (secondary N) is 1. The largest absolute Gasteiger partial charge is 0.384 e. The SMILES string of the molecule is CCCCCCCC(=O)Nc1cc(C)cc(C#CCO)c1. The van der Waals surface area contributed by atoms with Crippen LogP contribution in [0.3, 0.4) is 0 Å². The Labute approximate surface area is 127 Å². The summed E-state index contributed by atoms with van der Waals surface area (Å²) in [6.45, 7) is 3.99. The van der Waals surface area contributed by atoms with Crippen molar-refractivity contribution in [3.8, 4) is 11.8 Å². The molecule has 0 fully saturated rings. The monoisotopic (exact) mass is 287 g/mol. The van der Waals surface area contributed by atoms with Crippen LogP contribution in [0.15, 0.2) is 18.2 Å². The number of carbonyl (C=O) groups excluding carboxylic acids is 1. The molecule has 1 aromatic carbocycles. The molecule has 0 atom stereocenters. The third-order valence-corrected chi connectivity index (χ3v) is 3.18. The standard InChI is InChI=1S/C18H25NO2/c1-3-4-5-6-7-10-18(21)19-17-13-15(2)12-16(14-17)9-8-11-20/h12-14,20H,3-7,10-11H2,1-2H3,(H,19,21). The fourth-order valence-electron chi connectivity index (χ4n) is 2.18. The second-order valence-electron chi connectivity index (χ2n) is 5.26. The Morgan fingerprint density at radius 2 is 1.95 bits per heavy atom. The number of amides is 1. The number of hydrogen-bond donors (Lipinski definition) is 2. The van der Waals surface area contributed by atoms with Crippen molar-refractivity contribution in [2.24, 2.45) is 0 Å². The van der Waals surface area contributed by atoms with Gasteiger partial charge in [0.15, 0.2) is 0 Å². The van der Waals surface area contributed by atoms with Crippen LogP contribution >= 0.6 is 0 Å². The molecule has 0 aliphatic rings. The van der Waals surface area contributed by atoms with E-state index in [1.54, 1.807) is 0 Å². The van der Waals surface area contributed by atoms with Gasteiger partial charge in [0.05, 0.1) is 0 Å². The molecular weight excluding hydrogens is 262 g/mol. The lowest BCUT2D eigenvalue weighted by molar-refractivity contribution is -0.116.